The summed E-state index contributed by atoms with van der Waals surface area (Å²) in [5.74, 6) is 0.986. The molecule has 27 heavy (non-hydrogen) atoms. The van der Waals surface area contributed by atoms with E-state index in [2.05, 4.69) is 23.0 Å². The molecule has 1 amide bonds. The minimum absolute atomic E-state index is 0. The molecule has 4 N–H and O–H groups in total. The van der Waals surface area contributed by atoms with E-state index >= 15 is 0 Å². The van der Waals surface area contributed by atoms with Gasteiger partial charge in [-0.1, -0.05) is 12.1 Å². The van der Waals surface area contributed by atoms with Gasteiger partial charge in [0.1, 0.15) is 5.82 Å². The number of nitrogens with two attached hydrogens (primary N) is 1. The molecule has 0 spiro atoms. The fourth-order valence-corrected chi connectivity index (χ4v) is 3.68. The monoisotopic (exact) mass is 416 g/mol. The molecule has 1 aromatic heterocycles. The Morgan fingerprint density at radius 3 is 2.74 bits per heavy atom. The van der Waals surface area contributed by atoms with Crippen LogP contribution in [-0.4, -0.2) is 51.1 Å². The molecule has 0 saturated heterocycles. The quantitative estimate of drug-likeness (QED) is 0.697. The van der Waals surface area contributed by atoms with Crippen molar-refractivity contribution in [1.29, 1.82) is 0 Å². The highest BCUT2D eigenvalue weighted by Crippen LogP contribution is 2.25. The topological polar surface area (TPSA) is 95.2 Å². The fraction of sp³-hybridized carbons (Fsp3) is 0.579. The molecule has 1 aromatic carbocycles. The number of para-hydroxylation sites is 1. The van der Waals surface area contributed by atoms with Gasteiger partial charge < -0.3 is 20.7 Å². The molecule has 2 aromatic rings. The normalized spacial score (nSPS) is 22.0. The van der Waals surface area contributed by atoms with Crippen molar-refractivity contribution in [3.63, 3.8) is 0 Å². The minimum atomic E-state index is -0.474. The molecule has 1 fully saturated rings. The Kier molecular flexibility index (Phi) is 9.02. The molecule has 0 bridgehead atoms. The third-order valence-corrected chi connectivity index (χ3v) is 5.29. The van der Waals surface area contributed by atoms with Gasteiger partial charge in [0.05, 0.1) is 17.1 Å². The summed E-state index contributed by atoms with van der Waals surface area (Å²) in [6.07, 6.45) is 2.12. The maximum absolute atomic E-state index is 12.8. The summed E-state index contributed by atoms with van der Waals surface area (Å²) in [5.41, 5.74) is 9.12. The first kappa shape index (κ1) is 23.7. The average molecular weight is 417 g/mol. The Hall–Kier alpha value is -1.34. The zero-order valence-electron chi connectivity index (χ0n) is 15.9. The van der Waals surface area contributed by atoms with Gasteiger partial charge in [0.2, 0.25) is 5.91 Å². The Balaban J connectivity index is 0.00000182. The third-order valence-electron chi connectivity index (χ3n) is 5.29. The van der Waals surface area contributed by atoms with Crippen LogP contribution in [0.3, 0.4) is 0 Å². The number of likely N-dealkylation sites (N-methyl/N-ethyl adjacent to an activating group) is 1. The minimum Gasteiger partial charge on any atom is -0.392 e. The zero-order valence-corrected chi connectivity index (χ0v) is 17.5. The first-order valence-electron chi connectivity index (χ1n) is 9.16. The molecule has 8 heteroatoms. The zero-order chi connectivity index (χ0) is 18.0. The van der Waals surface area contributed by atoms with Gasteiger partial charge >= 0.3 is 0 Å². The number of rotatable bonds is 5. The van der Waals surface area contributed by atoms with Crippen molar-refractivity contribution in [2.24, 2.45) is 11.7 Å². The second-order valence-corrected chi connectivity index (χ2v) is 7.06. The van der Waals surface area contributed by atoms with Crippen molar-refractivity contribution < 1.29 is 9.90 Å². The van der Waals surface area contributed by atoms with E-state index in [0.29, 0.717) is 38.8 Å². The second-order valence-electron chi connectivity index (χ2n) is 7.06. The maximum Gasteiger partial charge on any atom is 0.225 e. The number of aromatic amines is 1. The Labute approximate surface area is 172 Å². The number of aliphatic hydroxyl groups excluding tert-OH is 1. The lowest BCUT2D eigenvalue weighted by molar-refractivity contribution is -0.137. The standard InChI is InChI=1S/C19H28N4O2.2ClH/c1-3-23(19(25)13-7-8-16(24)14(20)11-13)10-9-17-21-15-6-4-5-12(2)18(15)22-17;;/h4-6,13-14,16,24H,3,7-11,20H2,1-2H3,(H,21,22);2*1H/t13-,14+,16+;;/m0../s1. The molecule has 1 aliphatic carbocycles. The van der Waals surface area contributed by atoms with Gasteiger partial charge in [-0.15, -0.1) is 24.8 Å². The van der Waals surface area contributed by atoms with Crippen molar-refractivity contribution >= 4 is 41.8 Å². The van der Waals surface area contributed by atoms with Crippen LogP contribution < -0.4 is 5.73 Å². The molecule has 152 valence electrons. The Morgan fingerprint density at radius 1 is 1.37 bits per heavy atom. The number of halogens is 2. The van der Waals surface area contributed by atoms with Crippen LogP contribution in [0.5, 0.6) is 0 Å². The predicted molar refractivity (Wildman–Crippen MR) is 113 cm³/mol. The molecule has 0 radical (unpaired) electrons. The van der Waals surface area contributed by atoms with Crippen LogP contribution in [0.1, 0.15) is 37.6 Å². The van der Waals surface area contributed by atoms with E-state index in [9.17, 15) is 9.90 Å². The fourth-order valence-electron chi connectivity index (χ4n) is 3.68. The summed E-state index contributed by atoms with van der Waals surface area (Å²) in [5, 5.41) is 9.75. The summed E-state index contributed by atoms with van der Waals surface area (Å²) < 4.78 is 0. The van der Waals surface area contributed by atoms with Crippen molar-refractivity contribution in [2.75, 3.05) is 13.1 Å². The Bertz CT molecular complexity index is 752. The SMILES string of the molecule is CCN(CCc1nc2c(C)cccc2[nH]1)C(=O)[C@H]1CC[C@@H](O)[C@H](N)C1.Cl.Cl. The van der Waals surface area contributed by atoms with Crippen LogP contribution >= 0.6 is 24.8 Å². The molecule has 1 aliphatic rings. The van der Waals surface area contributed by atoms with E-state index in [1.807, 2.05) is 24.0 Å². The van der Waals surface area contributed by atoms with Crippen LogP contribution in [0.15, 0.2) is 18.2 Å². The van der Waals surface area contributed by atoms with Crippen LogP contribution in [0.2, 0.25) is 0 Å². The summed E-state index contributed by atoms with van der Waals surface area (Å²) in [4.78, 5) is 22.7. The van der Waals surface area contributed by atoms with Crippen LogP contribution in [0, 0.1) is 12.8 Å². The lowest BCUT2D eigenvalue weighted by Crippen LogP contribution is -2.46. The molecule has 1 saturated carbocycles. The van der Waals surface area contributed by atoms with E-state index in [4.69, 9.17) is 5.73 Å². The van der Waals surface area contributed by atoms with Crippen molar-refractivity contribution in [3.8, 4) is 0 Å². The number of hydrogen-bond donors (Lipinski definition) is 3. The predicted octanol–water partition coefficient (Wildman–Crippen LogP) is 2.59. The first-order chi connectivity index (χ1) is 12.0. The van der Waals surface area contributed by atoms with E-state index in [-0.39, 0.29) is 42.7 Å². The van der Waals surface area contributed by atoms with Gasteiger partial charge in [0.25, 0.3) is 0 Å². The van der Waals surface area contributed by atoms with Gasteiger partial charge in [-0.2, -0.15) is 0 Å². The number of carbonyl (C=O) groups is 1. The number of fused-ring (bicyclic) bond motifs is 1. The molecule has 6 nitrogen and oxygen atoms in total. The van der Waals surface area contributed by atoms with Gasteiger partial charge in [0.15, 0.2) is 0 Å². The van der Waals surface area contributed by atoms with Gasteiger partial charge in [-0.3, -0.25) is 4.79 Å². The highest BCUT2D eigenvalue weighted by atomic mass is 35.5. The number of benzene rings is 1. The molecule has 0 unspecified atom stereocenters. The van der Waals surface area contributed by atoms with E-state index < -0.39 is 6.10 Å². The van der Waals surface area contributed by atoms with Crippen molar-refractivity contribution in [2.45, 2.75) is 51.7 Å². The summed E-state index contributed by atoms with van der Waals surface area (Å²) in [6.45, 7) is 5.36. The van der Waals surface area contributed by atoms with Gasteiger partial charge in [0, 0.05) is 31.5 Å². The van der Waals surface area contributed by atoms with Gasteiger partial charge in [-0.25, -0.2) is 4.98 Å². The number of amides is 1. The number of H-pyrrole nitrogens is 1. The number of nitrogens with zero attached hydrogens (tertiary/aromatic N) is 2. The molecule has 3 rings (SSSR count). The number of nitrogens with one attached hydrogen (secondary N) is 1. The van der Waals surface area contributed by atoms with Crippen molar-refractivity contribution in [3.05, 3.63) is 29.6 Å². The number of carbonyl (C=O) groups excluding carboxylic acids is 1. The number of aromatic nitrogens is 2. The Morgan fingerprint density at radius 2 is 2.11 bits per heavy atom. The largest absolute Gasteiger partial charge is 0.392 e. The van der Waals surface area contributed by atoms with E-state index in [0.717, 1.165) is 22.4 Å². The molecule has 0 aliphatic heterocycles. The lowest BCUT2D eigenvalue weighted by atomic mass is 9.83. The highest BCUT2D eigenvalue weighted by molar-refractivity contribution is 5.85. The first-order valence-corrected chi connectivity index (χ1v) is 9.16. The number of aliphatic hydroxyl groups is 1. The highest BCUT2D eigenvalue weighted by Gasteiger charge is 2.32. The summed E-state index contributed by atoms with van der Waals surface area (Å²) in [6, 6.07) is 5.80. The number of hydrogen-bond acceptors (Lipinski definition) is 4. The van der Waals surface area contributed by atoms with Gasteiger partial charge in [-0.05, 0) is 44.7 Å². The molecule has 1 heterocycles. The van der Waals surface area contributed by atoms with Crippen LogP contribution in [0.4, 0.5) is 0 Å². The molecular formula is C19H30Cl2N4O2. The second kappa shape index (κ2) is 10.3. The number of imidazole rings is 1. The molecular weight excluding hydrogens is 387 g/mol. The van der Waals surface area contributed by atoms with Crippen LogP contribution in [-0.2, 0) is 11.2 Å². The average Bonchev–Trinajstić information content (AvgIpc) is 3.02. The lowest BCUT2D eigenvalue weighted by Gasteiger charge is -2.33. The van der Waals surface area contributed by atoms with E-state index in [1.54, 1.807) is 0 Å². The maximum atomic E-state index is 12.8. The summed E-state index contributed by atoms with van der Waals surface area (Å²) in [7, 11) is 0. The van der Waals surface area contributed by atoms with Crippen molar-refractivity contribution in [1.82, 2.24) is 14.9 Å². The summed E-state index contributed by atoms with van der Waals surface area (Å²) >= 11 is 0. The molecule has 3 atom stereocenters. The third kappa shape index (κ3) is 5.35. The smallest absolute Gasteiger partial charge is 0.225 e. The van der Waals surface area contributed by atoms with E-state index in [1.165, 1.54) is 0 Å². The van der Waals surface area contributed by atoms with Crippen LogP contribution in [0.25, 0.3) is 11.0 Å². The number of aryl methyl sites for hydroxylation is 1.